The van der Waals surface area contributed by atoms with E-state index in [-0.39, 0.29) is 5.91 Å². The average Bonchev–Trinajstić information content (AvgIpc) is 2.94. The largest absolute Gasteiger partial charge is 0.497 e. The molecule has 0 saturated heterocycles. The highest BCUT2D eigenvalue weighted by atomic mass is 32.2. The van der Waals surface area contributed by atoms with Crippen molar-refractivity contribution in [1.29, 1.82) is 0 Å². The molecule has 0 saturated carbocycles. The van der Waals surface area contributed by atoms with Gasteiger partial charge in [0.1, 0.15) is 11.5 Å². The van der Waals surface area contributed by atoms with Crippen molar-refractivity contribution in [2.45, 2.75) is 36.5 Å². The van der Waals surface area contributed by atoms with Crippen LogP contribution in [0.3, 0.4) is 0 Å². The van der Waals surface area contributed by atoms with Crippen molar-refractivity contribution in [2.24, 2.45) is 0 Å². The molecule has 0 spiro atoms. The van der Waals surface area contributed by atoms with Crippen molar-refractivity contribution in [3.8, 4) is 11.5 Å². The summed E-state index contributed by atoms with van der Waals surface area (Å²) in [4.78, 5) is 12.1. The summed E-state index contributed by atoms with van der Waals surface area (Å²) in [6.45, 7) is 5.84. The van der Waals surface area contributed by atoms with Crippen LogP contribution in [0.15, 0.2) is 28.6 Å². The fourth-order valence-electron chi connectivity index (χ4n) is 1.63. The average molecular weight is 353 g/mol. The molecule has 0 fully saturated rings. The lowest BCUT2D eigenvalue weighted by atomic mass is 10.3. The zero-order valence-electron chi connectivity index (χ0n) is 13.4. The minimum atomic E-state index is -0.645. The second kappa shape index (κ2) is 8.16. The highest BCUT2D eigenvalue weighted by Crippen LogP contribution is 2.28. The maximum absolute atomic E-state index is 12.1. The van der Waals surface area contributed by atoms with E-state index in [0.717, 1.165) is 10.1 Å². The number of methoxy groups -OCH3 is 1. The van der Waals surface area contributed by atoms with E-state index < -0.39 is 6.10 Å². The molecule has 6 nitrogen and oxygen atoms in total. The van der Waals surface area contributed by atoms with E-state index in [2.05, 4.69) is 29.4 Å². The summed E-state index contributed by atoms with van der Waals surface area (Å²) in [6.07, 6.45) is -0.645. The lowest BCUT2D eigenvalue weighted by Crippen LogP contribution is -2.30. The summed E-state index contributed by atoms with van der Waals surface area (Å²) in [6, 6.07) is 7.07. The summed E-state index contributed by atoms with van der Waals surface area (Å²) in [5, 5.41) is 11.6. The van der Waals surface area contributed by atoms with Gasteiger partial charge in [-0.2, -0.15) is 0 Å². The van der Waals surface area contributed by atoms with E-state index in [9.17, 15) is 4.79 Å². The number of anilines is 1. The van der Waals surface area contributed by atoms with Gasteiger partial charge in [-0.3, -0.25) is 10.1 Å². The number of rotatable bonds is 7. The van der Waals surface area contributed by atoms with Gasteiger partial charge in [0, 0.05) is 5.25 Å². The van der Waals surface area contributed by atoms with Crippen LogP contribution in [-0.4, -0.2) is 34.6 Å². The normalized spacial score (nSPS) is 12.0. The first-order valence-electron chi connectivity index (χ1n) is 7.09. The zero-order chi connectivity index (χ0) is 16.8. The molecule has 0 bridgehead atoms. The molecule has 0 aliphatic rings. The van der Waals surface area contributed by atoms with Crippen molar-refractivity contribution in [3.63, 3.8) is 0 Å². The Morgan fingerprint density at radius 1 is 1.17 bits per heavy atom. The van der Waals surface area contributed by atoms with Gasteiger partial charge in [0.15, 0.2) is 10.4 Å². The van der Waals surface area contributed by atoms with Gasteiger partial charge in [-0.05, 0) is 31.2 Å². The Kier molecular flexibility index (Phi) is 6.23. The molecule has 0 aliphatic carbocycles. The van der Waals surface area contributed by atoms with Gasteiger partial charge in [-0.25, -0.2) is 0 Å². The Morgan fingerprint density at radius 2 is 1.83 bits per heavy atom. The molecule has 1 atom stereocenters. The minimum Gasteiger partial charge on any atom is -0.497 e. The van der Waals surface area contributed by atoms with Gasteiger partial charge >= 0.3 is 0 Å². The Bertz CT molecular complexity index is 644. The van der Waals surface area contributed by atoms with Crippen molar-refractivity contribution in [3.05, 3.63) is 24.3 Å². The molecule has 8 heteroatoms. The Morgan fingerprint density at radius 3 is 2.43 bits per heavy atom. The number of amides is 1. The highest BCUT2D eigenvalue weighted by molar-refractivity contribution is 8.01. The molecule has 1 N–H and O–H groups in total. The third kappa shape index (κ3) is 5.40. The minimum absolute atomic E-state index is 0.266. The second-order valence-electron chi connectivity index (χ2n) is 4.96. The summed E-state index contributed by atoms with van der Waals surface area (Å²) in [7, 11) is 1.60. The fraction of sp³-hybridized carbons (Fsp3) is 0.400. The van der Waals surface area contributed by atoms with E-state index in [1.165, 1.54) is 11.3 Å². The predicted molar refractivity (Wildman–Crippen MR) is 92.6 cm³/mol. The molecule has 1 aromatic heterocycles. The van der Waals surface area contributed by atoms with Gasteiger partial charge in [0.25, 0.3) is 5.91 Å². The monoisotopic (exact) mass is 353 g/mol. The smallest absolute Gasteiger partial charge is 0.266 e. The Hall–Kier alpha value is -1.80. The van der Waals surface area contributed by atoms with E-state index in [1.807, 2.05) is 0 Å². The number of nitrogens with one attached hydrogen (secondary N) is 1. The van der Waals surface area contributed by atoms with Crippen LogP contribution in [0.1, 0.15) is 20.8 Å². The lowest BCUT2D eigenvalue weighted by Gasteiger charge is -2.13. The number of hydrogen-bond acceptors (Lipinski definition) is 7. The maximum atomic E-state index is 12.1. The molecule has 0 aliphatic heterocycles. The molecule has 2 aromatic rings. The fourth-order valence-corrected chi connectivity index (χ4v) is 3.61. The van der Waals surface area contributed by atoms with E-state index in [4.69, 9.17) is 9.47 Å². The third-order valence-electron chi connectivity index (χ3n) is 2.71. The molecule has 23 heavy (non-hydrogen) atoms. The topological polar surface area (TPSA) is 73.3 Å². The van der Waals surface area contributed by atoms with Crippen LogP contribution in [0.2, 0.25) is 0 Å². The molecule has 0 radical (unpaired) electrons. The first-order valence-corrected chi connectivity index (χ1v) is 8.79. The lowest BCUT2D eigenvalue weighted by molar-refractivity contribution is -0.122. The van der Waals surface area contributed by atoms with Crippen molar-refractivity contribution >= 4 is 34.1 Å². The molecule has 1 aromatic carbocycles. The van der Waals surface area contributed by atoms with Crippen LogP contribution in [-0.2, 0) is 4.79 Å². The van der Waals surface area contributed by atoms with E-state index >= 15 is 0 Å². The van der Waals surface area contributed by atoms with Crippen LogP contribution in [0.25, 0.3) is 0 Å². The van der Waals surface area contributed by atoms with Gasteiger partial charge in [-0.15, -0.1) is 10.2 Å². The van der Waals surface area contributed by atoms with Crippen LogP contribution in [0, 0.1) is 0 Å². The standard InChI is InChI=1S/C15H19N3O3S2/c1-9(2)22-15-18-17-14(23-15)16-13(19)10(3)21-12-7-5-11(20-4)6-8-12/h5-10H,1-4H3,(H,16,17,19)/t10-/m1/s1. The number of thioether (sulfide) groups is 1. The molecular weight excluding hydrogens is 334 g/mol. The molecule has 1 heterocycles. The molecule has 2 rings (SSSR count). The molecule has 124 valence electrons. The van der Waals surface area contributed by atoms with Crippen molar-refractivity contribution in [2.75, 3.05) is 12.4 Å². The van der Waals surface area contributed by atoms with E-state index in [1.54, 1.807) is 50.1 Å². The van der Waals surface area contributed by atoms with E-state index in [0.29, 0.717) is 16.1 Å². The molecule has 1 amide bonds. The maximum Gasteiger partial charge on any atom is 0.266 e. The summed E-state index contributed by atoms with van der Waals surface area (Å²) in [5.74, 6) is 1.07. The zero-order valence-corrected chi connectivity index (χ0v) is 15.0. The third-order valence-corrected chi connectivity index (χ3v) is 4.64. The van der Waals surface area contributed by atoms with Crippen molar-refractivity contribution < 1.29 is 14.3 Å². The summed E-state index contributed by atoms with van der Waals surface area (Å²) in [5.41, 5.74) is 0. The first kappa shape index (κ1) is 17.6. The number of nitrogens with zero attached hydrogens (tertiary/aromatic N) is 2. The highest BCUT2D eigenvalue weighted by Gasteiger charge is 2.17. The number of aromatic nitrogens is 2. The first-order chi connectivity index (χ1) is 11.0. The Balaban J connectivity index is 1.90. The number of hydrogen-bond donors (Lipinski definition) is 1. The quantitative estimate of drug-likeness (QED) is 0.607. The molecular formula is C15H19N3O3S2. The van der Waals surface area contributed by atoms with Crippen LogP contribution in [0.4, 0.5) is 5.13 Å². The predicted octanol–water partition coefficient (Wildman–Crippen LogP) is 3.45. The second-order valence-corrected chi connectivity index (χ2v) is 7.77. The number of benzene rings is 1. The Labute approximate surface area is 143 Å². The number of carbonyl (C=O) groups is 1. The molecule has 0 unspecified atom stereocenters. The van der Waals surface area contributed by atoms with Gasteiger partial charge in [-0.1, -0.05) is 36.9 Å². The summed E-state index contributed by atoms with van der Waals surface area (Å²) >= 11 is 2.97. The van der Waals surface area contributed by atoms with Gasteiger partial charge in [0.2, 0.25) is 5.13 Å². The summed E-state index contributed by atoms with van der Waals surface area (Å²) < 4.78 is 11.5. The number of ether oxygens (including phenoxy) is 2. The van der Waals surface area contributed by atoms with Crippen LogP contribution in [0.5, 0.6) is 11.5 Å². The SMILES string of the molecule is COc1ccc(O[C@H](C)C(=O)Nc2nnc(SC(C)C)s2)cc1. The number of carbonyl (C=O) groups excluding carboxylic acids is 1. The van der Waals surface area contributed by atoms with Crippen molar-refractivity contribution in [1.82, 2.24) is 10.2 Å². The van der Waals surface area contributed by atoms with Crippen LogP contribution < -0.4 is 14.8 Å². The van der Waals surface area contributed by atoms with Gasteiger partial charge in [0.05, 0.1) is 7.11 Å². The van der Waals surface area contributed by atoms with Crippen LogP contribution >= 0.6 is 23.1 Å². The van der Waals surface area contributed by atoms with Gasteiger partial charge < -0.3 is 9.47 Å².